The van der Waals surface area contributed by atoms with Crippen molar-refractivity contribution in [2.24, 2.45) is 0 Å². The van der Waals surface area contributed by atoms with Crippen LogP contribution in [0.1, 0.15) is 46.6 Å². The second-order valence-corrected chi connectivity index (χ2v) is 3.22. The van der Waals surface area contributed by atoms with Crippen LogP contribution in [-0.4, -0.2) is 18.5 Å². The van der Waals surface area contributed by atoms with Crippen LogP contribution >= 0.6 is 0 Å². The molecular formula is C15H29N. The molecule has 0 spiro atoms. The molecule has 0 aromatic heterocycles. The van der Waals surface area contributed by atoms with Crippen LogP contribution in [0.15, 0.2) is 30.3 Å². The maximum absolute atomic E-state index is 2.34. The molecule has 0 saturated carbocycles. The summed E-state index contributed by atoms with van der Waals surface area (Å²) >= 11 is 0. The molecule has 1 nitrogen and oxygen atoms in total. The smallest absolute Gasteiger partial charge is 0.0230 e. The third-order valence-electron chi connectivity index (χ3n) is 1.90. The van der Waals surface area contributed by atoms with Gasteiger partial charge in [0.1, 0.15) is 0 Å². The highest BCUT2D eigenvalue weighted by Crippen LogP contribution is 2.02. The SMILES string of the molecule is CC.CC.CCCN(C)Cc1ccccc1. The lowest BCUT2D eigenvalue weighted by molar-refractivity contribution is 0.327. The molecule has 1 aromatic rings. The van der Waals surface area contributed by atoms with E-state index in [1.54, 1.807) is 0 Å². The van der Waals surface area contributed by atoms with Gasteiger partial charge in [0.2, 0.25) is 0 Å². The van der Waals surface area contributed by atoms with E-state index in [1.165, 1.54) is 18.5 Å². The molecule has 0 aliphatic rings. The van der Waals surface area contributed by atoms with Gasteiger partial charge >= 0.3 is 0 Å². The van der Waals surface area contributed by atoms with Crippen molar-refractivity contribution >= 4 is 0 Å². The molecule has 0 heterocycles. The van der Waals surface area contributed by atoms with Crippen LogP contribution in [0.5, 0.6) is 0 Å². The van der Waals surface area contributed by atoms with Crippen molar-refractivity contribution in [1.29, 1.82) is 0 Å². The Labute approximate surface area is 102 Å². The van der Waals surface area contributed by atoms with Gasteiger partial charge in [-0.25, -0.2) is 0 Å². The summed E-state index contributed by atoms with van der Waals surface area (Å²) in [5.41, 5.74) is 1.40. The molecule has 0 unspecified atom stereocenters. The highest BCUT2D eigenvalue weighted by Gasteiger charge is 1.96. The lowest BCUT2D eigenvalue weighted by atomic mass is 10.2. The predicted molar refractivity (Wildman–Crippen MR) is 75.8 cm³/mol. The fourth-order valence-corrected chi connectivity index (χ4v) is 1.36. The Balaban J connectivity index is 0. The van der Waals surface area contributed by atoms with Crippen LogP contribution in [0.4, 0.5) is 0 Å². The maximum Gasteiger partial charge on any atom is 0.0230 e. The van der Waals surface area contributed by atoms with Gasteiger partial charge in [-0.3, -0.25) is 0 Å². The molecule has 0 bridgehead atoms. The number of hydrogen-bond donors (Lipinski definition) is 0. The Hall–Kier alpha value is -0.820. The Morgan fingerprint density at radius 3 is 1.88 bits per heavy atom. The Bertz CT molecular complexity index is 206. The average Bonchev–Trinajstić information content (AvgIpc) is 2.36. The molecule has 1 heteroatoms. The van der Waals surface area contributed by atoms with E-state index in [0.29, 0.717) is 0 Å². The zero-order valence-electron chi connectivity index (χ0n) is 12.0. The number of nitrogens with zero attached hydrogens (tertiary/aromatic N) is 1. The average molecular weight is 223 g/mol. The minimum atomic E-state index is 1.06. The van der Waals surface area contributed by atoms with Gasteiger partial charge in [-0.2, -0.15) is 0 Å². The molecule has 0 fully saturated rings. The van der Waals surface area contributed by atoms with E-state index < -0.39 is 0 Å². The summed E-state index contributed by atoms with van der Waals surface area (Å²) in [5, 5.41) is 0. The van der Waals surface area contributed by atoms with Crippen LogP contribution in [0, 0.1) is 0 Å². The molecule has 1 rings (SSSR count). The number of hydrogen-bond acceptors (Lipinski definition) is 1. The van der Waals surface area contributed by atoms with Crippen LogP contribution in [-0.2, 0) is 6.54 Å². The quantitative estimate of drug-likeness (QED) is 0.722. The summed E-state index contributed by atoms with van der Waals surface area (Å²) in [6, 6.07) is 10.6. The van der Waals surface area contributed by atoms with Crippen molar-refractivity contribution in [3.8, 4) is 0 Å². The van der Waals surface area contributed by atoms with Crippen molar-refractivity contribution in [2.45, 2.75) is 47.6 Å². The monoisotopic (exact) mass is 223 g/mol. The number of benzene rings is 1. The molecule has 94 valence electrons. The van der Waals surface area contributed by atoms with Crippen molar-refractivity contribution in [3.05, 3.63) is 35.9 Å². The normalized spacial score (nSPS) is 8.69. The Morgan fingerprint density at radius 2 is 1.44 bits per heavy atom. The van der Waals surface area contributed by atoms with Crippen molar-refractivity contribution in [3.63, 3.8) is 0 Å². The minimum Gasteiger partial charge on any atom is -0.302 e. The molecule has 0 saturated heterocycles. The van der Waals surface area contributed by atoms with E-state index in [4.69, 9.17) is 0 Å². The molecule has 0 N–H and O–H groups in total. The van der Waals surface area contributed by atoms with Gasteiger partial charge in [0, 0.05) is 6.54 Å². The molecular weight excluding hydrogens is 194 g/mol. The molecule has 0 aliphatic carbocycles. The molecule has 0 atom stereocenters. The van der Waals surface area contributed by atoms with E-state index in [9.17, 15) is 0 Å². The maximum atomic E-state index is 2.34. The molecule has 0 radical (unpaired) electrons. The summed E-state index contributed by atoms with van der Waals surface area (Å²) in [4.78, 5) is 2.34. The summed E-state index contributed by atoms with van der Waals surface area (Å²) in [6.45, 7) is 12.4. The minimum absolute atomic E-state index is 1.06. The first kappa shape index (κ1) is 17.6. The lowest BCUT2D eigenvalue weighted by Gasteiger charge is -2.14. The lowest BCUT2D eigenvalue weighted by Crippen LogP contribution is -2.18. The van der Waals surface area contributed by atoms with E-state index in [0.717, 1.165) is 6.54 Å². The van der Waals surface area contributed by atoms with Crippen LogP contribution in [0.2, 0.25) is 0 Å². The van der Waals surface area contributed by atoms with E-state index in [1.807, 2.05) is 27.7 Å². The summed E-state index contributed by atoms with van der Waals surface area (Å²) in [6.07, 6.45) is 1.23. The van der Waals surface area contributed by atoms with Crippen LogP contribution in [0.25, 0.3) is 0 Å². The second kappa shape index (κ2) is 14.2. The zero-order valence-corrected chi connectivity index (χ0v) is 12.0. The highest BCUT2D eigenvalue weighted by molar-refractivity contribution is 5.14. The van der Waals surface area contributed by atoms with E-state index in [-0.39, 0.29) is 0 Å². The van der Waals surface area contributed by atoms with E-state index in [2.05, 4.69) is 49.2 Å². The van der Waals surface area contributed by atoms with Gasteiger partial charge in [0.15, 0.2) is 0 Å². The molecule has 16 heavy (non-hydrogen) atoms. The van der Waals surface area contributed by atoms with Gasteiger partial charge in [-0.1, -0.05) is 65.0 Å². The molecule has 0 amide bonds. The van der Waals surface area contributed by atoms with Crippen molar-refractivity contribution < 1.29 is 0 Å². The standard InChI is InChI=1S/C11H17N.2C2H6/c1-3-9-12(2)10-11-7-5-4-6-8-11;2*1-2/h4-8H,3,9-10H2,1-2H3;2*1-2H3. The first-order chi connectivity index (χ1) is 7.83. The summed E-state index contributed by atoms with van der Waals surface area (Å²) < 4.78 is 0. The van der Waals surface area contributed by atoms with Gasteiger partial charge in [0.05, 0.1) is 0 Å². The zero-order chi connectivity index (χ0) is 12.8. The van der Waals surface area contributed by atoms with Crippen LogP contribution in [0.3, 0.4) is 0 Å². The summed E-state index contributed by atoms with van der Waals surface area (Å²) in [7, 11) is 2.16. The van der Waals surface area contributed by atoms with Crippen LogP contribution < -0.4 is 0 Å². The van der Waals surface area contributed by atoms with Crippen molar-refractivity contribution in [2.75, 3.05) is 13.6 Å². The summed E-state index contributed by atoms with van der Waals surface area (Å²) in [5.74, 6) is 0. The van der Waals surface area contributed by atoms with Crippen molar-refractivity contribution in [1.82, 2.24) is 4.90 Å². The predicted octanol–water partition coefficient (Wildman–Crippen LogP) is 4.58. The number of rotatable bonds is 4. The Kier molecular flexibility index (Phi) is 15.6. The first-order valence-corrected chi connectivity index (χ1v) is 6.55. The Morgan fingerprint density at radius 1 is 0.938 bits per heavy atom. The van der Waals surface area contributed by atoms with E-state index >= 15 is 0 Å². The first-order valence-electron chi connectivity index (χ1n) is 6.55. The fraction of sp³-hybridized carbons (Fsp3) is 0.600. The third kappa shape index (κ3) is 9.72. The topological polar surface area (TPSA) is 3.24 Å². The largest absolute Gasteiger partial charge is 0.302 e. The van der Waals surface area contributed by atoms with Gasteiger partial charge < -0.3 is 4.90 Å². The van der Waals surface area contributed by atoms with Gasteiger partial charge in [0.25, 0.3) is 0 Å². The molecule has 1 aromatic carbocycles. The fourth-order valence-electron chi connectivity index (χ4n) is 1.36. The highest BCUT2D eigenvalue weighted by atomic mass is 15.1. The second-order valence-electron chi connectivity index (χ2n) is 3.22. The van der Waals surface area contributed by atoms with Gasteiger partial charge in [-0.05, 0) is 25.6 Å². The third-order valence-corrected chi connectivity index (χ3v) is 1.90. The molecule has 0 aliphatic heterocycles. The van der Waals surface area contributed by atoms with Gasteiger partial charge in [-0.15, -0.1) is 0 Å².